The Balaban J connectivity index is 1.42. The molecule has 142 valence electrons. The molecule has 0 aliphatic rings. The van der Waals surface area contributed by atoms with Crippen LogP contribution in [0.1, 0.15) is 23.9 Å². The Morgan fingerprint density at radius 3 is 2.75 bits per heavy atom. The van der Waals surface area contributed by atoms with Gasteiger partial charge in [0.1, 0.15) is 5.82 Å². The first-order valence-corrected chi connectivity index (χ1v) is 10.4. The number of nitrogens with zero attached hydrogens (tertiary/aromatic N) is 5. The highest BCUT2D eigenvalue weighted by Crippen LogP contribution is 2.30. The van der Waals surface area contributed by atoms with Crippen molar-refractivity contribution in [3.8, 4) is 10.7 Å². The van der Waals surface area contributed by atoms with Crippen molar-refractivity contribution in [3.63, 3.8) is 0 Å². The minimum atomic E-state index is -0.0290. The molecule has 4 rings (SSSR count). The number of nitrogens with two attached hydrogens (primary N) is 1. The molecule has 3 heterocycles. The summed E-state index contributed by atoms with van der Waals surface area (Å²) >= 11 is 3.16. The quantitative estimate of drug-likeness (QED) is 0.459. The van der Waals surface area contributed by atoms with E-state index in [1.807, 2.05) is 54.8 Å². The van der Waals surface area contributed by atoms with E-state index in [0.29, 0.717) is 29.2 Å². The van der Waals surface area contributed by atoms with Gasteiger partial charge < -0.3 is 15.6 Å². The van der Waals surface area contributed by atoms with Crippen LogP contribution in [0.15, 0.2) is 52.4 Å². The SMILES string of the molecule is C[C@@H](SCc1nc(-c2cccs2)no1)c1nc(N)nc(Nc2ccccc2)n1. The van der Waals surface area contributed by atoms with Crippen LogP contribution in [0.25, 0.3) is 10.7 Å². The smallest absolute Gasteiger partial charge is 0.237 e. The molecule has 0 saturated carbocycles. The number of thioether (sulfide) groups is 1. The summed E-state index contributed by atoms with van der Waals surface area (Å²) in [4.78, 5) is 18.3. The van der Waals surface area contributed by atoms with Gasteiger partial charge in [-0.05, 0) is 30.5 Å². The van der Waals surface area contributed by atoms with Gasteiger partial charge in [-0.25, -0.2) is 0 Å². The van der Waals surface area contributed by atoms with Crippen LogP contribution in [0.4, 0.5) is 17.6 Å². The summed E-state index contributed by atoms with van der Waals surface area (Å²) in [7, 11) is 0. The lowest BCUT2D eigenvalue weighted by Crippen LogP contribution is -2.08. The van der Waals surface area contributed by atoms with E-state index >= 15 is 0 Å². The summed E-state index contributed by atoms with van der Waals surface area (Å²) < 4.78 is 5.34. The second-order valence-electron chi connectivity index (χ2n) is 5.81. The van der Waals surface area contributed by atoms with Gasteiger partial charge in [-0.15, -0.1) is 23.1 Å². The predicted octanol–water partition coefficient (Wildman–Crippen LogP) is 4.30. The highest BCUT2D eigenvalue weighted by molar-refractivity contribution is 7.98. The van der Waals surface area contributed by atoms with Gasteiger partial charge in [0, 0.05) is 5.69 Å². The molecule has 0 aliphatic heterocycles. The minimum Gasteiger partial charge on any atom is -0.368 e. The zero-order chi connectivity index (χ0) is 19.3. The first-order valence-electron chi connectivity index (χ1n) is 8.49. The van der Waals surface area contributed by atoms with Crippen molar-refractivity contribution in [2.45, 2.75) is 17.9 Å². The molecule has 10 heteroatoms. The third-order valence-corrected chi connectivity index (χ3v) is 5.72. The molecule has 3 aromatic heterocycles. The van der Waals surface area contributed by atoms with Crippen LogP contribution in [-0.2, 0) is 5.75 Å². The maximum Gasteiger partial charge on any atom is 0.237 e. The summed E-state index contributed by atoms with van der Waals surface area (Å²) in [6.45, 7) is 2.00. The summed E-state index contributed by atoms with van der Waals surface area (Å²) in [6, 6.07) is 13.6. The number of benzene rings is 1. The summed E-state index contributed by atoms with van der Waals surface area (Å²) in [6.07, 6.45) is 0. The summed E-state index contributed by atoms with van der Waals surface area (Å²) in [5.41, 5.74) is 6.75. The van der Waals surface area contributed by atoms with Crippen molar-refractivity contribution >= 4 is 40.7 Å². The fraction of sp³-hybridized carbons (Fsp3) is 0.167. The highest BCUT2D eigenvalue weighted by Gasteiger charge is 2.16. The second kappa shape index (κ2) is 8.36. The zero-order valence-corrected chi connectivity index (χ0v) is 16.6. The van der Waals surface area contributed by atoms with E-state index in [9.17, 15) is 0 Å². The van der Waals surface area contributed by atoms with Crippen molar-refractivity contribution in [2.75, 3.05) is 11.1 Å². The molecule has 0 radical (unpaired) electrons. The number of para-hydroxylation sites is 1. The average molecular weight is 412 g/mol. The molecule has 0 bridgehead atoms. The Kier molecular flexibility index (Phi) is 5.49. The van der Waals surface area contributed by atoms with Crippen LogP contribution in [0.5, 0.6) is 0 Å². The second-order valence-corrected chi connectivity index (χ2v) is 8.09. The van der Waals surface area contributed by atoms with E-state index in [4.69, 9.17) is 10.3 Å². The fourth-order valence-corrected chi connectivity index (χ4v) is 3.80. The maximum atomic E-state index is 5.86. The van der Waals surface area contributed by atoms with Crippen molar-refractivity contribution in [1.82, 2.24) is 25.1 Å². The molecule has 0 saturated heterocycles. The van der Waals surface area contributed by atoms with Gasteiger partial charge in [0.05, 0.1) is 15.9 Å². The van der Waals surface area contributed by atoms with E-state index in [0.717, 1.165) is 10.6 Å². The van der Waals surface area contributed by atoms with E-state index in [2.05, 4.69) is 30.4 Å². The van der Waals surface area contributed by atoms with Gasteiger partial charge in [-0.2, -0.15) is 19.9 Å². The van der Waals surface area contributed by atoms with Crippen molar-refractivity contribution in [1.29, 1.82) is 0 Å². The molecule has 3 N–H and O–H groups in total. The molecular weight excluding hydrogens is 394 g/mol. The topological polar surface area (TPSA) is 116 Å². The van der Waals surface area contributed by atoms with Gasteiger partial charge >= 0.3 is 0 Å². The van der Waals surface area contributed by atoms with Crippen molar-refractivity contribution in [3.05, 3.63) is 59.6 Å². The molecule has 4 aromatic rings. The lowest BCUT2D eigenvalue weighted by atomic mass is 10.3. The highest BCUT2D eigenvalue weighted by atomic mass is 32.2. The van der Waals surface area contributed by atoms with Crippen LogP contribution in [0.2, 0.25) is 0 Å². The first kappa shape index (κ1) is 18.4. The van der Waals surface area contributed by atoms with E-state index in [-0.39, 0.29) is 11.2 Å². The van der Waals surface area contributed by atoms with Gasteiger partial charge in [-0.3, -0.25) is 0 Å². The Labute approximate surface area is 169 Å². The standard InChI is InChI=1S/C18H17N7OS2/c1-11(28-10-14-21-16(25-26-14)13-8-5-9-27-13)15-22-17(19)24-18(23-15)20-12-6-3-2-4-7-12/h2-9,11H,10H2,1H3,(H3,19,20,22,23,24)/t11-/m1/s1. The van der Waals surface area contributed by atoms with Crippen LogP contribution < -0.4 is 11.1 Å². The Morgan fingerprint density at radius 1 is 1.11 bits per heavy atom. The molecule has 1 atom stereocenters. The van der Waals surface area contributed by atoms with Gasteiger partial charge in [0.25, 0.3) is 0 Å². The van der Waals surface area contributed by atoms with Gasteiger partial charge in [0.2, 0.25) is 23.6 Å². The Morgan fingerprint density at radius 2 is 1.96 bits per heavy atom. The number of aromatic nitrogens is 5. The molecule has 0 aliphatic carbocycles. The lowest BCUT2D eigenvalue weighted by Gasteiger charge is -2.11. The van der Waals surface area contributed by atoms with Crippen molar-refractivity contribution in [2.24, 2.45) is 0 Å². The number of anilines is 3. The Bertz CT molecular complexity index is 1040. The third-order valence-electron chi connectivity index (χ3n) is 3.73. The third kappa shape index (κ3) is 4.46. The largest absolute Gasteiger partial charge is 0.368 e. The van der Waals surface area contributed by atoms with E-state index in [1.165, 1.54) is 0 Å². The molecule has 0 unspecified atom stereocenters. The molecule has 28 heavy (non-hydrogen) atoms. The van der Waals surface area contributed by atoms with Crippen LogP contribution in [0.3, 0.4) is 0 Å². The van der Waals surface area contributed by atoms with E-state index < -0.39 is 0 Å². The van der Waals surface area contributed by atoms with Crippen LogP contribution >= 0.6 is 23.1 Å². The van der Waals surface area contributed by atoms with Crippen molar-refractivity contribution < 1.29 is 4.52 Å². The van der Waals surface area contributed by atoms with Crippen LogP contribution in [0, 0.1) is 0 Å². The van der Waals surface area contributed by atoms with Crippen LogP contribution in [-0.4, -0.2) is 25.1 Å². The summed E-state index contributed by atoms with van der Waals surface area (Å²) in [5.74, 6) is 2.90. The fourth-order valence-electron chi connectivity index (χ4n) is 2.39. The molecule has 0 amide bonds. The number of nitrogens with one attached hydrogen (secondary N) is 1. The average Bonchev–Trinajstić information content (AvgIpc) is 3.38. The number of nitrogen functional groups attached to an aromatic ring is 1. The number of rotatable bonds is 7. The molecule has 8 nitrogen and oxygen atoms in total. The normalized spacial score (nSPS) is 12.0. The maximum absolute atomic E-state index is 5.86. The number of hydrogen-bond donors (Lipinski definition) is 2. The van der Waals surface area contributed by atoms with E-state index in [1.54, 1.807) is 23.1 Å². The molecule has 1 aromatic carbocycles. The lowest BCUT2D eigenvalue weighted by molar-refractivity contribution is 0.391. The number of hydrogen-bond acceptors (Lipinski definition) is 10. The predicted molar refractivity (Wildman–Crippen MR) is 111 cm³/mol. The minimum absolute atomic E-state index is 0.0290. The zero-order valence-electron chi connectivity index (χ0n) is 14.9. The molecular formula is C18H17N7OS2. The molecule has 0 spiro atoms. The monoisotopic (exact) mass is 411 g/mol. The van der Waals surface area contributed by atoms with Gasteiger partial charge in [-0.1, -0.05) is 29.4 Å². The Hall–Kier alpha value is -2.98. The van der Waals surface area contributed by atoms with Gasteiger partial charge in [0.15, 0.2) is 0 Å². The number of thiophene rings is 1. The summed E-state index contributed by atoms with van der Waals surface area (Å²) in [5, 5.41) is 9.12. The first-order chi connectivity index (χ1) is 13.7. The molecule has 0 fully saturated rings.